The molecule has 5 heteroatoms. The van der Waals surface area contributed by atoms with Crippen LogP contribution in [0, 0.1) is 12.8 Å². The summed E-state index contributed by atoms with van der Waals surface area (Å²) in [6.07, 6.45) is -0.753. The molecule has 0 radical (unpaired) electrons. The van der Waals surface area contributed by atoms with Gasteiger partial charge in [0.25, 0.3) is 0 Å². The lowest BCUT2D eigenvalue weighted by Gasteiger charge is -2.20. The summed E-state index contributed by atoms with van der Waals surface area (Å²) in [6, 6.07) is 16.1. The van der Waals surface area contributed by atoms with Crippen molar-refractivity contribution in [2.45, 2.75) is 17.9 Å². The van der Waals surface area contributed by atoms with Crippen molar-refractivity contribution in [2.75, 3.05) is 13.1 Å². The molecule has 0 saturated carbocycles. The SMILES string of the molecule is C=C1CN(S(=O)(=O)c2ccc(C)cc2)C[C@H]1[C@H](O)c1ccccc1. The number of aryl methyl sites for hydroxylation is 1. The Morgan fingerprint density at radius 2 is 1.75 bits per heavy atom. The van der Waals surface area contributed by atoms with Gasteiger partial charge in [-0.15, -0.1) is 0 Å². The van der Waals surface area contributed by atoms with Gasteiger partial charge < -0.3 is 5.11 Å². The lowest BCUT2D eigenvalue weighted by molar-refractivity contribution is 0.130. The van der Waals surface area contributed by atoms with Crippen molar-refractivity contribution in [3.8, 4) is 0 Å². The smallest absolute Gasteiger partial charge is 0.243 e. The number of aliphatic hydroxyl groups is 1. The van der Waals surface area contributed by atoms with Crippen LogP contribution in [0.2, 0.25) is 0 Å². The van der Waals surface area contributed by atoms with E-state index in [1.165, 1.54) is 4.31 Å². The van der Waals surface area contributed by atoms with E-state index in [1.54, 1.807) is 24.3 Å². The molecule has 2 aromatic carbocycles. The Kier molecular flexibility index (Phi) is 4.58. The van der Waals surface area contributed by atoms with Crippen LogP contribution in [0.5, 0.6) is 0 Å². The van der Waals surface area contributed by atoms with E-state index in [9.17, 15) is 13.5 Å². The molecule has 4 nitrogen and oxygen atoms in total. The van der Waals surface area contributed by atoms with E-state index in [0.29, 0.717) is 0 Å². The van der Waals surface area contributed by atoms with Crippen LogP contribution in [0.15, 0.2) is 71.6 Å². The summed E-state index contributed by atoms with van der Waals surface area (Å²) in [6.45, 7) is 6.39. The molecule has 0 amide bonds. The van der Waals surface area contributed by atoms with Crippen molar-refractivity contribution in [1.82, 2.24) is 4.31 Å². The van der Waals surface area contributed by atoms with E-state index in [-0.39, 0.29) is 23.9 Å². The molecule has 0 bridgehead atoms. The quantitative estimate of drug-likeness (QED) is 0.869. The zero-order valence-electron chi connectivity index (χ0n) is 13.6. The zero-order valence-corrected chi connectivity index (χ0v) is 14.4. The first-order valence-corrected chi connectivity index (χ1v) is 9.31. The summed E-state index contributed by atoms with van der Waals surface area (Å²) < 4.78 is 27.0. The first-order chi connectivity index (χ1) is 11.4. The lowest BCUT2D eigenvalue weighted by atomic mass is 9.92. The van der Waals surface area contributed by atoms with Crippen LogP contribution in [0.25, 0.3) is 0 Å². The third-order valence-electron chi connectivity index (χ3n) is 4.49. The minimum absolute atomic E-state index is 0.241. The summed E-state index contributed by atoms with van der Waals surface area (Å²) in [5.74, 6) is -0.298. The van der Waals surface area contributed by atoms with Crippen molar-refractivity contribution in [1.29, 1.82) is 0 Å². The van der Waals surface area contributed by atoms with Gasteiger partial charge in [0, 0.05) is 19.0 Å². The van der Waals surface area contributed by atoms with Gasteiger partial charge in [-0.2, -0.15) is 4.31 Å². The van der Waals surface area contributed by atoms with Crippen LogP contribution in [-0.4, -0.2) is 30.9 Å². The van der Waals surface area contributed by atoms with Crippen molar-refractivity contribution in [3.05, 3.63) is 77.9 Å². The molecule has 1 fully saturated rings. The Bertz CT molecular complexity index is 829. The van der Waals surface area contributed by atoms with Gasteiger partial charge in [0.15, 0.2) is 0 Å². The predicted molar refractivity (Wildman–Crippen MR) is 94.0 cm³/mol. The van der Waals surface area contributed by atoms with Crippen molar-refractivity contribution in [3.63, 3.8) is 0 Å². The molecule has 1 aliphatic rings. The largest absolute Gasteiger partial charge is 0.388 e. The summed E-state index contributed by atoms with van der Waals surface area (Å²) in [5.41, 5.74) is 2.53. The van der Waals surface area contributed by atoms with E-state index in [1.807, 2.05) is 37.3 Å². The number of hydrogen-bond donors (Lipinski definition) is 1. The number of benzene rings is 2. The molecular weight excluding hydrogens is 322 g/mol. The number of hydrogen-bond acceptors (Lipinski definition) is 3. The number of sulfonamides is 1. The highest BCUT2D eigenvalue weighted by molar-refractivity contribution is 7.89. The maximum Gasteiger partial charge on any atom is 0.243 e. The first-order valence-electron chi connectivity index (χ1n) is 7.87. The summed E-state index contributed by atoms with van der Waals surface area (Å²) >= 11 is 0. The van der Waals surface area contributed by atoms with Crippen LogP contribution in [0.4, 0.5) is 0 Å². The van der Waals surface area contributed by atoms with Gasteiger partial charge in [0.05, 0.1) is 11.0 Å². The Morgan fingerprint density at radius 1 is 1.12 bits per heavy atom. The second-order valence-corrected chi connectivity index (χ2v) is 8.17. The van der Waals surface area contributed by atoms with E-state index in [4.69, 9.17) is 0 Å². The molecule has 1 N–H and O–H groups in total. The van der Waals surface area contributed by atoms with Crippen LogP contribution >= 0.6 is 0 Å². The molecule has 1 aliphatic heterocycles. The Hall–Kier alpha value is -1.95. The van der Waals surface area contributed by atoms with Crippen molar-refractivity contribution >= 4 is 10.0 Å². The Balaban J connectivity index is 1.83. The highest BCUT2D eigenvalue weighted by Crippen LogP contribution is 2.35. The third kappa shape index (κ3) is 3.15. The van der Waals surface area contributed by atoms with Gasteiger partial charge in [-0.3, -0.25) is 0 Å². The van der Waals surface area contributed by atoms with E-state index < -0.39 is 16.1 Å². The molecule has 3 rings (SSSR count). The van der Waals surface area contributed by atoms with Gasteiger partial charge in [-0.05, 0) is 24.6 Å². The van der Waals surface area contributed by atoms with Crippen molar-refractivity contribution < 1.29 is 13.5 Å². The fourth-order valence-corrected chi connectivity index (χ4v) is 4.48. The average Bonchev–Trinajstić information content (AvgIpc) is 2.98. The molecule has 0 spiro atoms. The monoisotopic (exact) mass is 343 g/mol. The number of nitrogens with zero attached hydrogens (tertiary/aromatic N) is 1. The Morgan fingerprint density at radius 3 is 2.38 bits per heavy atom. The van der Waals surface area contributed by atoms with Gasteiger partial charge in [-0.25, -0.2) is 8.42 Å². The van der Waals surface area contributed by atoms with Gasteiger partial charge >= 0.3 is 0 Å². The highest BCUT2D eigenvalue weighted by Gasteiger charge is 2.38. The minimum atomic E-state index is -3.58. The number of aliphatic hydroxyl groups excluding tert-OH is 1. The molecule has 0 aliphatic carbocycles. The van der Waals surface area contributed by atoms with Gasteiger partial charge in [-0.1, -0.05) is 60.2 Å². The van der Waals surface area contributed by atoms with E-state index >= 15 is 0 Å². The average molecular weight is 343 g/mol. The molecule has 0 unspecified atom stereocenters. The summed E-state index contributed by atoms with van der Waals surface area (Å²) in [4.78, 5) is 0.274. The van der Waals surface area contributed by atoms with Gasteiger partial charge in [0.1, 0.15) is 0 Å². The molecule has 1 saturated heterocycles. The summed E-state index contributed by atoms with van der Waals surface area (Å²) in [7, 11) is -3.58. The molecule has 2 atom stereocenters. The fourth-order valence-electron chi connectivity index (χ4n) is 3.00. The van der Waals surface area contributed by atoms with Crippen LogP contribution in [0.1, 0.15) is 17.2 Å². The summed E-state index contributed by atoms with van der Waals surface area (Å²) in [5, 5.41) is 10.6. The molecular formula is C19H21NO3S. The van der Waals surface area contributed by atoms with Crippen LogP contribution in [-0.2, 0) is 10.0 Å². The predicted octanol–water partition coefficient (Wildman–Crippen LogP) is 2.91. The second kappa shape index (κ2) is 6.51. The third-order valence-corrected chi connectivity index (χ3v) is 6.31. The molecule has 2 aromatic rings. The topological polar surface area (TPSA) is 57.6 Å². The van der Waals surface area contributed by atoms with E-state index in [0.717, 1.165) is 16.7 Å². The Labute approximate surface area is 143 Å². The lowest BCUT2D eigenvalue weighted by Crippen LogP contribution is -2.29. The fraction of sp³-hybridized carbons (Fsp3) is 0.263. The van der Waals surface area contributed by atoms with Gasteiger partial charge in [0.2, 0.25) is 10.0 Å². The van der Waals surface area contributed by atoms with Crippen molar-refractivity contribution in [2.24, 2.45) is 5.92 Å². The maximum atomic E-state index is 12.8. The normalized spacial score (nSPS) is 20.2. The first kappa shape index (κ1) is 16.9. The highest BCUT2D eigenvalue weighted by atomic mass is 32.2. The standard InChI is InChI=1S/C19H21NO3S/c1-14-8-10-17(11-9-14)24(22,23)20-12-15(2)18(13-20)19(21)16-6-4-3-5-7-16/h3-11,18-19,21H,2,12-13H2,1H3/t18-,19-/m1/s1. The molecule has 24 heavy (non-hydrogen) atoms. The van der Waals surface area contributed by atoms with Crippen LogP contribution in [0.3, 0.4) is 0 Å². The number of rotatable bonds is 4. The molecule has 126 valence electrons. The molecule has 0 aromatic heterocycles. The maximum absolute atomic E-state index is 12.8. The van der Waals surface area contributed by atoms with Crippen LogP contribution < -0.4 is 0 Å². The van der Waals surface area contributed by atoms with E-state index in [2.05, 4.69) is 6.58 Å². The molecule has 1 heterocycles. The zero-order chi connectivity index (χ0) is 17.3. The minimum Gasteiger partial charge on any atom is -0.388 e. The second-order valence-electron chi connectivity index (χ2n) is 6.23.